The average Bonchev–Trinajstić information content (AvgIpc) is 2.94. The first-order chi connectivity index (χ1) is 20.1. The fourth-order valence-corrected chi connectivity index (χ4v) is 4.46. The molecule has 0 saturated carbocycles. The molecule has 0 aliphatic carbocycles. The van der Waals surface area contributed by atoms with Crippen LogP contribution in [0, 0.1) is 0 Å². The van der Waals surface area contributed by atoms with Crippen molar-refractivity contribution >= 4 is 45.9 Å². The average molecular weight is 568 g/mol. The van der Waals surface area contributed by atoms with Gasteiger partial charge >= 0.3 is 6.09 Å². The smallest absolute Gasteiger partial charge is 0.410 e. The number of carbonyl (C=O) groups is 2. The van der Waals surface area contributed by atoms with Crippen molar-refractivity contribution in [3.8, 4) is 17.0 Å². The zero-order chi connectivity index (χ0) is 29.9. The van der Waals surface area contributed by atoms with Crippen LogP contribution in [0.2, 0.25) is 0 Å². The largest absolute Gasteiger partial charge is 0.494 e. The van der Waals surface area contributed by atoms with E-state index in [0.717, 1.165) is 16.6 Å². The number of rotatable bonds is 8. The van der Waals surface area contributed by atoms with Gasteiger partial charge in [0, 0.05) is 53.9 Å². The first-order valence-corrected chi connectivity index (χ1v) is 13.5. The molecule has 5 rings (SSSR count). The Hall–Kier alpha value is -5.19. The molecule has 3 heterocycles. The van der Waals surface area contributed by atoms with Crippen LogP contribution in [-0.2, 0) is 9.53 Å². The van der Waals surface area contributed by atoms with Gasteiger partial charge in [-0.3, -0.25) is 9.78 Å². The van der Waals surface area contributed by atoms with Gasteiger partial charge in [0.15, 0.2) is 0 Å². The van der Waals surface area contributed by atoms with Crippen LogP contribution in [0.15, 0.2) is 73.6 Å². The van der Waals surface area contributed by atoms with E-state index in [1.165, 1.54) is 6.08 Å². The highest BCUT2D eigenvalue weighted by Gasteiger charge is 2.33. The van der Waals surface area contributed by atoms with Gasteiger partial charge in [-0.15, -0.1) is 0 Å². The standard InChI is InChI=1S/C31H33N7O4/c1-6-27(39)35-21-12-13-32-25(14-21)23-9-7-8-19-16-33-29(37-28(19)23)36-24-11-10-20(15-26(24)41-5)34-22-17-38(18-22)30(40)42-31(2,3)4/h6-16,22,34H,1,17-18H2,2-5H3,(H,32,35,39)(H,33,36,37). The van der Waals surface area contributed by atoms with Crippen LogP contribution in [0.25, 0.3) is 22.2 Å². The summed E-state index contributed by atoms with van der Waals surface area (Å²) in [7, 11) is 1.60. The molecule has 1 aliphatic rings. The van der Waals surface area contributed by atoms with Crippen molar-refractivity contribution in [2.75, 3.05) is 36.1 Å². The van der Waals surface area contributed by atoms with Gasteiger partial charge in [0.05, 0.1) is 30.0 Å². The fraction of sp³-hybridized carbons (Fsp3) is 0.258. The number of para-hydroxylation sites is 1. The van der Waals surface area contributed by atoms with E-state index < -0.39 is 5.60 Å². The molecule has 42 heavy (non-hydrogen) atoms. The van der Waals surface area contributed by atoms with Gasteiger partial charge in [0.25, 0.3) is 0 Å². The number of nitrogens with zero attached hydrogens (tertiary/aromatic N) is 4. The lowest BCUT2D eigenvalue weighted by atomic mass is 10.1. The van der Waals surface area contributed by atoms with Crippen molar-refractivity contribution in [1.82, 2.24) is 19.9 Å². The number of nitrogens with one attached hydrogen (secondary N) is 3. The number of carbonyl (C=O) groups excluding carboxylic acids is 2. The molecule has 0 unspecified atom stereocenters. The van der Waals surface area contributed by atoms with E-state index in [-0.39, 0.29) is 18.0 Å². The lowest BCUT2D eigenvalue weighted by molar-refractivity contribution is -0.111. The molecule has 1 aliphatic heterocycles. The monoisotopic (exact) mass is 567 g/mol. The molecule has 0 spiro atoms. The predicted molar refractivity (Wildman–Crippen MR) is 163 cm³/mol. The second-order valence-corrected chi connectivity index (χ2v) is 10.8. The van der Waals surface area contributed by atoms with E-state index in [1.54, 1.807) is 36.5 Å². The van der Waals surface area contributed by atoms with Gasteiger partial charge in [-0.05, 0) is 51.1 Å². The molecule has 0 radical (unpaired) electrons. The number of amides is 2. The summed E-state index contributed by atoms with van der Waals surface area (Å²) in [6, 6.07) is 15.1. The topological polar surface area (TPSA) is 131 Å². The molecule has 2 aromatic carbocycles. The van der Waals surface area contributed by atoms with Crippen LogP contribution < -0.4 is 20.7 Å². The van der Waals surface area contributed by atoms with Crippen molar-refractivity contribution in [2.24, 2.45) is 0 Å². The van der Waals surface area contributed by atoms with Crippen LogP contribution in [0.1, 0.15) is 20.8 Å². The number of hydrogen-bond acceptors (Lipinski definition) is 9. The molecule has 1 fully saturated rings. The lowest BCUT2D eigenvalue weighted by Crippen LogP contribution is -2.57. The third-order valence-corrected chi connectivity index (χ3v) is 6.45. The molecule has 11 nitrogen and oxygen atoms in total. The molecule has 3 N–H and O–H groups in total. The molecule has 0 bridgehead atoms. The van der Waals surface area contributed by atoms with Crippen molar-refractivity contribution < 1.29 is 19.1 Å². The van der Waals surface area contributed by atoms with Crippen molar-refractivity contribution in [1.29, 1.82) is 0 Å². The molecule has 1 saturated heterocycles. The van der Waals surface area contributed by atoms with Crippen LogP contribution in [0.3, 0.4) is 0 Å². The van der Waals surface area contributed by atoms with E-state index in [4.69, 9.17) is 14.5 Å². The number of ether oxygens (including phenoxy) is 2. The number of anilines is 4. The predicted octanol–water partition coefficient (Wildman–Crippen LogP) is 5.60. The maximum Gasteiger partial charge on any atom is 0.410 e. The number of likely N-dealkylation sites (tertiary alicyclic amines) is 1. The Labute approximate surface area is 244 Å². The lowest BCUT2D eigenvalue weighted by Gasteiger charge is -2.40. The molecule has 216 valence electrons. The molecule has 0 atom stereocenters. The minimum Gasteiger partial charge on any atom is -0.494 e. The SMILES string of the molecule is C=CC(=O)Nc1ccnc(-c2cccc3cnc(Nc4ccc(NC5CN(C(=O)OC(C)(C)C)C5)cc4OC)nc23)c1. The second-order valence-electron chi connectivity index (χ2n) is 10.8. The maximum absolute atomic E-state index is 12.2. The zero-order valence-corrected chi connectivity index (χ0v) is 24.0. The van der Waals surface area contributed by atoms with Crippen LogP contribution in [-0.4, -0.2) is 63.7 Å². The number of pyridine rings is 1. The summed E-state index contributed by atoms with van der Waals surface area (Å²) in [5.41, 5.74) is 3.79. The van der Waals surface area contributed by atoms with E-state index in [0.29, 0.717) is 47.4 Å². The fourth-order valence-electron chi connectivity index (χ4n) is 4.46. The summed E-state index contributed by atoms with van der Waals surface area (Å²) in [4.78, 5) is 39.4. The van der Waals surface area contributed by atoms with E-state index >= 15 is 0 Å². The molecule has 11 heteroatoms. The number of aromatic nitrogens is 3. The van der Waals surface area contributed by atoms with E-state index in [1.807, 2.05) is 57.2 Å². The van der Waals surface area contributed by atoms with Gasteiger partial charge in [-0.1, -0.05) is 24.8 Å². The number of benzene rings is 2. The van der Waals surface area contributed by atoms with E-state index in [2.05, 4.69) is 32.5 Å². The zero-order valence-electron chi connectivity index (χ0n) is 24.0. The first kappa shape index (κ1) is 28.3. The number of methoxy groups -OCH3 is 1. The molecule has 2 amide bonds. The Morgan fingerprint density at radius 2 is 1.88 bits per heavy atom. The minimum atomic E-state index is -0.519. The third-order valence-electron chi connectivity index (χ3n) is 6.45. The second kappa shape index (κ2) is 11.7. The highest BCUT2D eigenvalue weighted by Crippen LogP contribution is 2.32. The third kappa shape index (κ3) is 6.57. The highest BCUT2D eigenvalue weighted by molar-refractivity contribution is 6.00. The Morgan fingerprint density at radius 1 is 1.07 bits per heavy atom. The van der Waals surface area contributed by atoms with Crippen LogP contribution in [0.4, 0.5) is 27.8 Å². The van der Waals surface area contributed by atoms with Crippen molar-refractivity contribution in [3.63, 3.8) is 0 Å². The number of fused-ring (bicyclic) bond motifs is 1. The summed E-state index contributed by atoms with van der Waals surface area (Å²) in [5.74, 6) is 0.689. The quantitative estimate of drug-likeness (QED) is 0.233. The molecular formula is C31H33N7O4. The molecule has 2 aromatic heterocycles. The Morgan fingerprint density at radius 3 is 2.62 bits per heavy atom. The van der Waals surface area contributed by atoms with Crippen LogP contribution >= 0.6 is 0 Å². The van der Waals surface area contributed by atoms with Crippen molar-refractivity contribution in [2.45, 2.75) is 32.4 Å². The Bertz CT molecular complexity index is 1640. The normalized spacial score (nSPS) is 13.2. The summed E-state index contributed by atoms with van der Waals surface area (Å²) >= 11 is 0. The Balaban J connectivity index is 1.31. The van der Waals surface area contributed by atoms with Crippen molar-refractivity contribution in [3.05, 3.63) is 73.6 Å². The summed E-state index contributed by atoms with van der Waals surface area (Å²) in [6.07, 6.45) is 4.28. The van der Waals surface area contributed by atoms with Gasteiger partial charge in [0.1, 0.15) is 11.4 Å². The summed E-state index contributed by atoms with van der Waals surface area (Å²) < 4.78 is 11.1. The van der Waals surface area contributed by atoms with Gasteiger partial charge < -0.3 is 30.3 Å². The van der Waals surface area contributed by atoms with E-state index in [9.17, 15) is 9.59 Å². The maximum atomic E-state index is 12.2. The number of hydrogen-bond donors (Lipinski definition) is 3. The molecule has 4 aromatic rings. The minimum absolute atomic E-state index is 0.112. The van der Waals surface area contributed by atoms with Gasteiger partial charge in [-0.25, -0.2) is 14.8 Å². The highest BCUT2D eigenvalue weighted by atomic mass is 16.6. The van der Waals surface area contributed by atoms with Gasteiger partial charge in [0.2, 0.25) is 11.9 Å². The molecular weight excluding hydrogens is 534 g/mol. The van der Waals surface area contributed by atoms with Crippen LogP contribution in [0.5, 0.6) is 5.75 Å². The summed E-state index contributed by atoms with van der Waals surface area (Å²) in [6.45, 7) is 10.2. The van der Waals surface area contributed by atoms with Gasteiger partial charge in [-0.2, -0.15) is 0 Å². The Kier molecular flexibility index (Phi) is 7.92. The summed E-state index contributed by atoms with van der Waals surface area (Å²) in [5, 5.41) is 10.3. The first-order valence-electron chi connectivity index (χ1n) is 13.5.